The lowest BCUT2D eigenvalue weighted by atomic mass is 10.1. The Kier molecular flexibility index (Phi) is 5.26. The predicted molar refractivity (Wildman–Crippen MR) is 84.2 cm³/mol. The summed E-state index contributed by atoms with van der Waals surface area (Å²) in [6.07, 6.45) is 5.35. The molecule has 110 valence electrons. The zero-order chi connectivity index (χ0) is 15.8. The lowest BCUT2D eigenvalue weighted by Crippen LogP contribution is -2.05. The van der Waals surface area contributed by atoms with Gasteiger partial charge in [-0.15, -0.1) is 0 Å². The summed E-state index contributed by atoms with van der Waals surface area (Å²) in [4.78, 5) is 21.9. The molecule has 0 aromatic heterocycles. The number of hydrogen-bond donors (Lipinski definition) is 1. The van der Waals surface area contributed by atoms with Crippen molar-refractivity contribution in [3.63, 3.8) is 0 Å². The highest BCUT2D eigenvalue weighted by Crippen LogP contribution is 2.21. The fourth-order valence-electron chi connectivity index (χ4n) is 1.74. The smallest absolute Gasteiger partial charge is 0.336 e. The summed E-state index contributed by atoms with van der Waals surface area (Å²) in [7, 11) is 0. The Morgan fingerprint density at radius 2 is 1.55 bits per heavy atom. The molecule has 0 heterocycles. The second-order valence-corrected chi connectivity index (χ2v) is 4.37. The van der Waals surface area contributed by atoms with Crippen LogP contribution in [-0.2, 0) is 9.59 Å². The highest BCUT2D eigenvalue weighted by Gasteiger charge is 2.05. The van der Waals surface area contributed by atoms with Gasteiger partial charge in [0.25, 0.3) is 0 Å². The van der Waals surface area contributed by atoms with Gasteiger partial charge in [-0.1, -0.05) is 60.7 Å². The Hall–Kier alpha value is -3.14. The van der Waals surface area contributed by atoms with E-state index in [-0.39, 0.29) is 0 Å². The van der Waals surface area contributed by atoms with Crippen LogP contribution in [0.5, 0.6) is 5.75 Å². The Morgan fingerprint density at radius 3 is 2.27 bits per heavy atom. The third kappa shape index (κ3) is 4.76. The summed E-state index contributed by atoms with van der Waals surface area (Å²) in [5, 5.41) is 8.49. The summed E-state index contributed by atoms with van der Waals surface area (Å²) in [5.74, 6) is -1.56. The van der Waals surface area contributed by atoms with E-state index in [0.717, 1.165) is 23.3 Å². The Bertz CT molecular complexity index is 715. The minimum Gasteiger partial charge on any atom is -0.478 e. The van der Waals surface area contributed by atoms with Gasteiger partial charge < -0.3 is 9.84 Å². The van der Waals surface area contributed by atoms with Gasteiger partial charge in [-0.05, 0) is 11.6 Å². The van der Waals surface area contributed by atoms with Crippen LogP contribution in [0.2, 0.25) is 0 Å². The molecule has 0 saturated heterocycles. The van der Waals surface area contributed by atoms with Crippen molar-refractivity contribution in [3.05, 3.63) is 77.9 Å². The molecule has 0 aliphatic carbocycles. The first-order valence-corrected chi connectivity index (χ1v) is 6.60. The molecule has 4 nitrogen and oxygen atoms in total. The number of ether oxygens (including phenoxy) is 1. The maximum Gasteiger partial charge on any atom is 0.336 e. The fourth-order valence-corrected chi connectivity index (χ4v) is 1.74. The number of carbonyl (C=O) groups excluding carboxylic acids is 1. The van der Waals surface area contributed by atoms with Crippen LogP contribution in [-0.4, -0.2) is 17.0 Å². The molecule has 1 N–H and O–H groups in total. The molecule has 0 aliphatic rings. The quantitative estimate of drug-likeness (QED) is 0.397. The van der Waals surface area contributed by atoms with Crippen LogP contribution in [0.15, 0.2) is 66.7 Å². The van der Waals surface area contributed by atoms with Crippen molar-refractivity contribution >= 4 is 24.1 Å². The van der Waals surface area contributed by atoms with Crippen LogP contribution in [0, 0.1) is 0 Å². The molecule has 0 atom stereocenters. The number of carboxylic acid groups (broad SMARTS) is 1. The number of carboxylic acids is 1. The summed E-state index contributed by atoms with van der Waals surface area (Å²) in [5.41, 5.74) is 1.75. The van der Waals surface area contributed by atoms with E-state index in [1.54, 1.807) is 12.1 Å². The van der Waals surface area contributed by atoms with E-state index < -0.39 is 11.9 Å². The first-order chi connectivity index (χ1) is 10.6. The predicted octanol–water partition coefficient (Wildman–Crippen LogP) is 3.40. The monoisotopic (exact) mass is 294 g/mol. The molecular weight excluding hydrogens is 280 g/mol. The number of aliphatic carboxylic acids is 1. The molecule has 0 aliphatic heterocycles. The molecule has 2 aromatic carbocycles. The lowest BCUT2D eigenvalue weighted by Gasteiger charge is -2.05. The number of rotatable bonds is 5. The molecule has 4 heteroatoms. The second-order valence-electron chi connectivity index (χ2n) is 4.37. The van der Waals surface area contributed by atoms with E-state index in [0.29, 0.717) is 5.75 Å². The molecule has 2 aromatic rings. The lowest BCUT2D eigenvalue weighted by molar-refractivity contribution is -0.133. The van der Waals surface area contributed by atoms with Crippen LogP contribution in [0.25, 0.3) is 12.2 Å². The van der Waals surface area contributed by atoms with E-state index in [9.17, 15) is 9.59 Å². The molecular formula is C18H14O4. The third-order valence-electron chi connectivity index (χ3n) is 2.75. The van der Waals surface area contributed by atoms with Gasteiger partial charge in [0.2, 0.25) is 0 Å². The van der Waals surface area contributed by atoms with Gasteiger partial charge in [-0.3, -0.25) is 0 Å². The topological polar surface area (TPSA) is 63.6 Å². The van der Waals surface area contributed by atoms with Crippen LogP contribution >= 0.6 is 0 Å². The SMILES string of the molecule is O=C(O)/C=C\C(=O)Oc1ccccc1C=Cc1ccccc1. The average Bonchev–Trinajstić information content (AvgIpc) is 2.53. The number of para-hydroxylation sites is 1. The molecule has 0 saturated carbocycles. The minimum absolute atomic E-state index is 0.370. The van der Waals surface area contributed by atoms with Crippen LogP contribution in [0.1, 0.15) is 11.1 Å². The average molecular weight is 294 g/mol. The van der Waals surface area contributed by atoms with Crippen molar-refractivity contribution < 1.29 is 19.4 Å². The maximum absolute atomic E-state index is 11.5. The van der Waals surface area contributed by atoms with Gasteiger partial charge in [0.1, 0.15) is 5.75 Å². The molecule has 0 spiro atoms. The van der Waals surface area contributed by atoms with Gasteiger partial charge in [-0.2, -0.15) is 0 Å². The van der Waals surface area contributed by atoms with Crippen molar-refractivity contribution in [2.45, 2.75) is 0 Å². The minimum atomic E-state index is -1.20. The molecule has 0 radical (unpaired) electrons. The Labute approximate surface area is 128 Å². The standard InChI is InChI=1S/C18H14O4/c19-17(20)12-13-18(21)22-16-9-5-4-8-15(16)11-10-14-6-2-1-3-7-14/h1-13H,(H,19,20)/b11-10?,13-12-. The normalized spacial score (nSPS) is 10.9. The van der Waals surface area contributed by atoms with Crippen LogP contribution < -0.4 is 4.74 Å². The van der Waals surface area contributed by atoms with Crippen LogP contribution in [0.3, 0.4) is 0 Å². The largest absolute Gasteiger partial charge is 0.478 e. The van der Waals surface area contributed by atoms with E-state index in [1.165, 1.54) is 0 Å². The Morgan fingerprint density at radius 1 is 0.864 bits per heavy atom. The maximum atomic E-state index is 11.5. The van der Waals surface area contributed by atoms with Crippen LogP contribution in [0.4, 0.5) is 0 Å². The summed E-state index contributed by atoms with van der Waals surface area (Å²) in [6, 6.07) is 16.7. The first-order valence-electron chi connectivity index (χ1n) is 6.60. The van der Waals surface area contributed by atoms with E-state index in [4.69, 9.17) is 9.84 Å². The zero-order valence-corrected chi connectivity index (χ0v) is 11.7. The third-order valence-corrected chi connectivity index (χ3v) is 2.75. The zero-order valence-electron chi connectivity index (χ0n) is 11.7. The van der Waals surface area contributed by atoms with Gasteiger partial charge in [0.05, 0.1) is 0 Å². The van der Waals surface area contributed by atoms with Gasteiger partial charge in [0, 0.05) is 17.7 Å². The molecule has 0 amide bonds. The van der Waals surface area contributed by atoms with Crippen molar-refractivity contribution in [2.75, 3.05) is 0 Å². The molecule has 0 bridgehead atoms. The summed E-state index contributed by atoms with van der Waals surface area (Å²) in [6.45, 7) is 0. The molecule has 22 heavy (non-hydrogen) atoms. The highest BCUT2D eigenvalue weighted by atomic mass is 16.5. The molecule has 2 rings (SSSR count). The van der Waals surface area contributed by atoms with Gasteiger partial charge >= 0.3 is 11.9 Å². The van der Waals surface area contributed by atoms with Gasteiger partial charge in [0.15, 0.2) is 0 Å². The second kappa shape index (κ2) is 7.59. The van der Waals surface area contributed by atoms with E-state index in [2.05, 4.69) is 0 Å². The molecule has 0 fully saturated rings. The van der Waals surface area contributed by atoms with E-state index >= 15 is 0 Å². The number of esters is 1. The molecule has 0 unspecified atom stereocenters. The van der Waals surface area contributed by atoms with Gasteiger partial charge in [-0.25, -0.2) is 9.59 Å². The Balaban J connectivity index is 2.15. The number of carbonyl (C=O) groups is 2. The van der Waals surface area contributed by atoms with Crippen molar-refractivity contribution in [3.8, 4) is 5.75 Å². The fraction of sp³-hybridized carbons (Fsp3) is 0. The number of benzene rings is 2. The van der Waals surface area contributed by atoms with Crippen molar-refractivity contribution in [1.82, 2.24) is 0 Å². The van der Waals surface area contributed by atoms with E-state index in [1.807, 2.05) is 54.6 Å². The summed E-state index contributed by atoms with van der Waals surface area (Å²) < 4.78 is 5.14. The van der Waals surface area contributed by atoms with Crippen molar-refractivity contribution in [1.29, 1.82) is 0 Å². The summed E-state index contributed by atoms with van der Waals surface area (Å²) >= 11 is 0. The highest BCUT2D eigenvalue weighted by molar-refractivity contribution is 5.92. The first kappa shape index (κ1) is 15.3. The number of hydrogen-bond acceptors (Lipinski definition) is 3. The van der Waals surface area contributed by atoms with Crippen molar-refractivity contribution in [2.24, 2.45) is 0 Å².